The summed E-state index contributed by atoms with van der Waals surface area (Å²) in [5.74, 6) is 0.633. The molecule has 0 heterocycles. The van der Waals surface area contributed by atoms with Crippen molar-refractivity contribution in [2.45, 2.75) is 46.5 Å². The van der Waals surface area contributed by atoms with Gasteiger partial charge in [-0.05, 0) is 38.5 Å². The van der Waals surface area contributed by atoms with Gasteiger partial charge in [0, 0.05) is 5.41 Å². The fourth-order valence-corrected chi connectivity index (χ4v) is 2.55. The van der Waals surface area contributed by atoms with E-state index in [-0.39, 0.29) is 5.41 Å². The van der Waals surface area contributed by atoms with Gasteiger partial charge in [-0.2, -0.15) is 0 Å². The number of rotatable bonds is 4. The normalized spacial score (nSPS) is 29.2. The van der Waals surface area contributed by atoms with Crippen molar-refractivity contribution in [2.75, 3.05) is 0 Å². The molecule has 2 unspecified atom stereocenters. The first kappa shape index (κ1) is 14.0. The monoisotopic (exact) mass is 230 g/mol. The molecule has 94 valence electrons. The SMILES string of the molecule is C=C(CC)CC1C=CCC=CC(C)(C=CC)C1. The molecule has 0 fully saturated rings. The van der Waals surface area contributed by atoms with Crippen molar-refractivity contribution in [3.05, 3.63) is 48.6 Å². The van der Waals surface area contributed by atoms with Gasteiger partial charge in [-0.1, -0.05) is 62.5 Å². The Balaban J connectivity index is 2.77. The molecule has 17 heavy (non-hydrogen) atoms. The summed E-state index contributed by atoms with van der Waals surface area (Å²) in [4.78, 5) is 0. The first-order valence-corrected chi connectivity index (χ1v) is 6.74. The molecule has 0 heteroatoms. The van der Waals surface area contributed by atoms with E-state index in [2.05, 4.69) is 63.8 Å². The highest BCUT2D eigenvalue weighted by atomic mass is 14.3. The van der Waals surface area contributed by atoms with E-state index in [0.29, 0.717) is 5.92 Å². The summed E-state index contributed by atoms with van der Waals surface area (Å²) in [5.41, 5.74) is 1.57. The van der Waals surface area contributed by atoms with Crippen molar-refractivity contribution in [3.63, 3.8) is 0 Å². The average Bonchev–Trinajstić information content (AvgIpc) is 2.26. The molecule has 0 aromatic rings. The van der Waals surface area contributed by atoms with Gasteiger partial charge >= 0.3 is 0 Å². The Morgan fingerprint density at radius 1 is 1.47 bits per heavy atom. The molecule has 0 saturated carbocycles. The van der Waals surface area contributed by atoms with Gasteiger partial charge in [0.05, 0.1) is 0 Å². The molecular weight excluding hydrogens is 204 g/mol. The van der Waals surface area contributed by atoms with E-state index in [9.17, 15) is 0 Å². The molecule has 0 aliphatic heterocycles. The van der Waals surface area contributed by atoms with Crippen molar-refractivity contribution >= 4 is 0 Å². The summed E-state index contributed by atoms with van der Waals surface area (Å²) >= 11 is 0. The summed E-state index contributed by atoms with van der Waals surface area (Å²) in [5, 5.41) is 0. The summed E-state index contributed by atoms with van der Waals surface area (Å²) < 4.78 is 0. The Kier molecular flexibility index (Phi) is 5.47. The van der Waals surface area contributed by atoms with Gasteiger partial charge in [0.15, 0.2) is 0 Å². The molecule has 1 aliphatic carbocycles. The minimum absolute atomic E-state index is 0.207. The van der Waals surface area contributed by atoms with Gasteiger partial charge in [0.2, 0.25) is 0 Å². The van der Waals surface area contributed by atoms with Crippen LogP contribution in [0.2, 0.25) is 0 Å². The minimum Gasteiger partial charge on any atom is -0.0999 e. The molecule has 0 radical (unpaired) electrons. The van der Waals surface area contributed by atoms with Crippen LogP contribution in [0.25, 0.3) is 0 Å². The van der Waals surface area contributed by atoms with E-state index in [1.54, 1.807) is 0 Å². The molecule has 0 bridgehead atoms. The molecule has 1 rings (SSSR count). The van der Waals surface area contributed by atoms with Crippen LogP contribution in [0.4, 0.5) is 0 Å². The lowest BCUT2D eigenvalue weighted by Gasteiger charge is -2.28. The van der Waals surface area contributed by atoms with E-state index in [1.807, 2.05) is 0 Å². The standard InChI is InChI=1S/C17H26/c1-5-11-17(4)12-9-7-8-10-16(14-17)13-15(3)6-2/h5,8-12,16H,3,6-7,13-14H2,1-2,4H3. The van der Waals surface area contributed by atoms with E-state index in [4.69, 9.17) is 0 Å². The molecule has 0 aromatic heterocycles. The number of hydrogen-bond acceptors (Lipinski definition) is 0. The summed E-state index contributed by atoms with van der Waals surface area (Å²) in [6.07, 6.45) is 18.3. The topological polar surface area (TPSA) is 0 Å². The second-order valence-corrected chi connectivity index (χ2v) is 5.34. The largest absolute Gasteiger partial charge is 0.0999 e. The zero-order valence-corrected chi connectivity index (χ0v) is 11.6. The molecule has 0 amide bonds. The lowest BCUT2D eigenvalue weighted by molar-refractivity contribution is 0.409. The Hall–Kier alpha value is -1.04. The van der Waals surface area contributed by atoms with Crippen LogP contribution in [0.5, 0.6) is 0 Å². The molecule has 1 aliphatic rings. The predicted octanol–water partition coefficient (Wildman–Crippen LogP) is 5.45. The maximum Gasteiger partial charge on any atom is 0.00384 e. The third-order valence-electron chi connectivity index (χ3n) is 3.48. The van der Waals surface area contributed by atoms with Gasteiger partial charge < -0.3 is 0 Å². The van der Waals surface area contributed by atoms with Crippen molar-refractivity contribution in [1.29, 1.82) is 0 Å². The summed E-state index contributed by atoms with van der Waals surface area (Å²) in [7, 11) is 0. The quantitative estimate of drug-likeness (QED) is 0.563. The number of hydrogen-bond donors (Lipinski definition) is 0. The average molecular weight is 230 g/mol. The van der Waals surface area contributed by atoms with E-state index < -0.39 is 0 Å². The Bertz CT molecular complexity index is 330. The highest BCUT2D eigenvalue weighted by Gasteiger charge is 2.22. The fraction of sp³-hybridized carbons (Fsp3) is 0.529. The van der Waals surface area contributed by atoms with E-state index in [0.717, 1.165) is 19.3 Å². The molecule has 0 spiro atoms. The Morgan fingerprint density at radius 2 is 2.24 bits per heavy atom. The zero-order chi connectivity index (χ0) is 12.7. The van der Waals surface area contributed by atoms with Crippen molar-refractivity contribution in [3.8, 4) is 0 Å². The third-order valence-corrected chi connectivity index (χ3v) is 3.48. The van der Waals surface area contributed by atoms with Gasteiger partial charge in [0.25, 0.3) is 0 Å². The highest BCUT2D eigenvalue weighted by molar-refractivity contribution is 5.15. The smallest absolute Gasteiger partial charge is 0.00384 e. The first-order valence-electron chi connectivity index (χ1n) is 6.74. The van der Waals surface area contributed by atoms with Crippen LogP contribution in [0.1, 0.15) is 46.5 Å². The van der Waals surface area contributed by atoms with Crippen LogP contribution in [-0.2, 0) is 0 Å². The lowest BCUT2D eigenvalue weighted by Crippen LogP contribution is -2.16. The van der Waals surface area contributed by atoms with Crippen LogP contribution in [0, 0.1) is 11.3 Å². The molecule has 0 nitrogen and oxygen atoms in total. The third kappa shape index (κ3) is 4.77. The maximum absolute atomic E-state index is 4.15. The number of allylic oxidation sites excluding steroid dienone is 7. The van der Waals surface area contributed by atoms with Gasteiger partial charge in [0.1, 0.15) is 0 Å². The van der Waals surface area contributed by atoms with E-state index in [1.165, 1.54) is 12.0 Å². The lowest BCUT2D eigenvalue weighted by atomic mass is 9.77. The Morgan fingerprint density at radius 3 is 2.88 bits per heavy atom. The molecule has 0 N–H and O–H groups in total. The fourth-order valence-electron chi connectivity index (χ4n) is 2.55. The Labute approximate surface area is 107 Å². The highest BCUT2D eigenvalue weighted by Crippen LogP contribution is 2.34. The molecule has 2 atom stereocenters. The van der Waals surface area contributed by atoms with Crippen LogP contribution in [-0.4, -0.2) is 0 Å². The first-order chi connectivity index (χ1) is 8.09. The van der Waals surface area contributed by atoms with E-state index >= 15 is 0 Å². The van der Waals surface area contributed by atoms with Crippen molar-refractivity contribution < 1.29 is 0 Å². The summed E-state index contributed by atoms with van der Waals surface area (Å²) in [6.45, 7) is 10.8. The van der Waals surface area contributed by atoms with Crippen molar-refractivity contribution in [1.82, 2.24) is 0 Å². The van der Waals surface area contributed by atoms with Crippen LogP contribution >= 0.6 is 0 Å². The maximum atomic E-state index is 4.15. The van der Waals surface area contributed by atoms with Gasteiger partial charge in [-0.15, -0.1) is 0 Å². The predicted molar refractivity (Wildman–Crippen MR) is 78.0 cm³/mol. The van der Waals surface area contributed by atoms with Crippen LogP contribution < -0.4 is 0 Å². The van der Waals surface area contributed by atoms with Gasteiger partial charge in [-0.3, -0.25) is 0 Å². The molecule has 0 saturated heterocycles. The second kappa shape index (κ2) is 6.64. The second-order valence-electron chi connectivity index (χ2n) is 5.34. The van der Waals surface area contributed by atoms with Gasteiger partial charge in [-0.25, -0.2) is 0 Å². The minimum atomic E-state index is 0.207. The van der Waals surface area contributed by atoms with Crippen LogP contribution in [0.15, 0.2) is 48.6 Å². The van der Waals surface area contributed by atoms with Crippen molar-refractivity contribution in [2.24, 2.45) is 11.3 Å². The molecular formula is C17H26. The van der Waals surface area contributed by atoms with Crippen LogP contribution in [0.3, 0.4) is 0 Å². The summed E-state index contributed by atoms with van der Waals surface area (Å²) in [6, 6.07) is 0. The molecule has 0 aromatic carbocycles. The zero-order valence-electron chi connectivity index (χ0n) is 11.6.